The molecule has 0 fully saturated rings. The Bertz CT molecular complexity index is 2450. The number of benzene rings is 7. The van der Waals surface area contributed by atoms with Crippen LogP contribution in [0.3, 0.4) is 0 Å². The van der Waals surface area contributed by atoms with Crippen LogP contribution in [0.4, 0.5) is 17.1 Å². The number of thiophene rings is 1. The minimum Gasteiger partial charge on any atom is -0.310 e. The zero-order chi connectivity index (χ0) is 28.3. The molecule has 0 amide bonds. The van der Waals surface area contributed by atoms with E-state index in [4.69, 9.17) is 0 Å². The normalized spacial score (nSPS) is 11.7. The molecule has 0 saturated heterocycles. The van der Waals surface area contributed by atoms with Gasteiger partial charge in [0.1, 0.15) is 0 Å². The molecule has 202 valence electrons. The zero-order valence-corrected chi connectivity index (χ0v) is 24.1. The summed E-state index contributed by atoms with van der Waals surface area (Å²) in [6.07, 6.45) is 0. The Morgan fingerprint density at radius 1 is 0.465 bits per heavy atom. The van der Waals surface area contributed by atoms with Crippen LogP contribution in [0, 0.1) is 0 Å². The second-order valence-electron chi connectivity index (χ2n) is 11.0. The summed E-state index contributed by atoms with van der Waals surface area (Å²) in [5.41, 5.74) is 7.01. The monoisotopic (exact) mass is 566 g/mol. The maximum absolute atomic E-state index is 2.43. The van der Waals surface area contributed by atoms with Crippen molar-refractivity contribution in [3.8, 4) is 5.69 Å². The highest BCUT2D eigenvalue weighted by molar-refractivity contribution is 7.26. The van der Waals surface area contributed by atoms with Crippen molar-refractivity contribution in [1.82, 2.24) is 4.57 Å². The molecular weight excluding hydrogens is 541 g/mol. The molecule has 0 aliphatic heterocycles. The first-order chi connectivity index (χ1) is 21.3. The van der Waals surface area contributed by atoms with Gasteiger partial charge in [-0.05, 0) is 60.0 Å². The molecule has 0 spiro atoms. The molecule has 0 bridgehead atoms. The van der Waals surface area contributed by atoms with E-state index in [1.165, 1.54) is 58.4 Å². The fourth-order valence-electron chi connectivity index (χ4n) is 6.68. The molecule has 7 aromatic carbocycles. The smallest absolute Gasteiger partial charge is 0.0561 e. The maximum atomic E-state index is 2.43. The van der Waals surface area contributed by atoms with Crippen LogP contribution in [0.25, 0.3) is 58.4 Å². The molecule has 0 unspecified atom stereocenters. The van der Waals surface area contributed by atoms with Gasteiger partial charge in [-0.2, -0.15) is 0 Å². The third-order valence-electron chi connectivity index (χ3n) is 8.55. The van der Waals surface area contributed by atoms with Crippen LogP contribution in [0.15, 0.2) is 158 Å². The summed E-state index contributed by atoms with van der Waals surface area (Å²) in [5, 5.41) is 7.68. The molecule has 43 heavy (non-hydrogen) atoms. The summed E-state index contributed by atoms with van der Waals surface area (Å²) in [5.74, 6) is 0. The summed E-state index contributed by atoms with van der Waals surface area (Å²) in [4.78, 5) is 2.43. The molecular formula is C40H26N2S. The van der Waals surface area contributed by atoms with Gasteiger partial charge in [-0.15, -0.1) is 11.3 Å². The van der Waals surface area contributed by atoms with Crippen LogP contribution in [0.2, 0.25) is 0 Å². The van der Waals surface area contributed by atoms with E-state index < -0.39 is 0 Å². The first-order valence-electron chi connectivity index (χ1n) is 14.6. The molecule has 2 aromatic heterocycles. The van der Waals surface area contributed by atoms with Crippen molar-refractivity contribution >= 4 is 81.1 Å². The lowest BCUT2D eigenvalue weighted by atomic mass is 10.0. The first-order valence-corrected chi connectivity index (χ1v) is 15.4. The second-order valence-corrected chi connectivity index (χ2v) is 12.0. The molecule has 0 N–H and O–H groups in total. The molecule has 3 heteroatoms. The van der Waals surface area contributed by atoms with Gasteiger partial charge in [0, 0.05) is 53.4 Å². The van der Waals surface area contributed by atoms with Crippen molar-refractivity contribution in [2.75, 3.05) is 4.90 Å². The summed E-state index contributed by atoms with van der Waals surface area (Å²) in [7, 11) is 0. The fourth-order valence-corrected chi connectivity index (χ4v) is 7.94. The number of rotatable bonds is 4. The van der Waals surface area contributed by atoms with E-state index in [0.29, 0.717) is 0 Å². The Balaban J connectivity index is 1.37. The Morgan fingerprint density at radius 3 is 2.02 bits per heavy atom. The van der Waals surface area contributed by atoms with Gasteiger partial charge in [0.05, 0.1) is 16.7 Å². The van der Waals surface area contributed by atoms with E-state index in [1.54, 1.807) is 0 Å². The largest absolute Gasteiger partial charge is 0.310 e. The number of aromatic nitrogens is 1. The van der Waals surface area contributed by atoms with E-state index >= 15 is 0 Å². The molecule has 0 aliphatic carbocycles. The predicted molar refractivity (Wildman–Crippen MR) is 186 cm³/mol. The number of anilines is 3. The highest BCUT2D eigenvalue weighted by Crippen LogP contribution is 2.46. The van der Waals surface area contributed by atoms with Crippen molar-refractivity contribution in [2.45, 2.75) is 0 Å². The van der Waals surface area contributed by atoms with Crippen molar-refractivity contribution in [3.63, 3.8) is 0 Å². The van der Waals surface area contributed by atoms with Gasteiger partial charge in [-0.3, -0.25) is 0 Å². The number of para-hydroxylation sites is 3. The van der Waals surface area contributed by atoms with Crippen molar-refractivity contribution < 1.29 is 0 Å². The number of hydrogen-bond donors (Lipinski definition) is 0. The lowest BCUT2D eigenvalue weighted by molar-refractivity contribution is 1.18. The Morgan fingerprint density at radius 2 is 1.16 bits per heavy atom. The molecule has 2 heterocycles. The quantitative estimate of drug-likeness (QED) is 0.206. The van der Waals surface area contributed by atoms with Gasteiger partial charge in [0.15, 0.2) is 0 Å². The third-order valence-corrected chi connectivity index (χ3v) is 9.75. The minimum atomic E-state index is 1.13. The summed E-state index contributed by atoms with van der Waals surface area (Å²) in [6.45, 7) is 0. The highest BCUT2D eigenvalue weighted by Gasteiger charge is 2.20. The SMILES string of the molecule is c1ccc(N(c2ccc3c4ccccc4n(-c4ccccc4)c3c2)c2cccc3ccc4c5ccccc5sc4c23)cc1. The van der Waals surface area contributed by atoms with E-state index in [0.717, 1.165) is 17.1 Å². The second kappa shape index (κ2) is 9.59. The number of hydrogen-bond acceptors (Lipinski definition) is 2. The van der Waals surface area contributed by atoms with E-state index in [-0.39, 0.29) is 0 Å². The van der Waals surface area contributed by atoms with E-state index in [1.807, 2.05) is 11.3 Å². The molecule has 0 saturated carbocycles. The zero-order valence-electron chi connectivity index (χ0n) is 23.3. The number of fused-ring (bicyclic) bond motifs is 8. The van der Waals surface area contributed by atoms with Gasteiger partial charge in [-0.25, -0.2) is 0 Å². The fraction of sp³-hybridized carbons (Fsp3) is 0. The first kappa shape index (κ1) is 24.2. The summed E-state index contributed by atoms with van der Waals surface area (Å²) < 4.78 is 5.04. The lowest BCUT2D eigenvalue weighted by Crippen LogP contribution is -2.10. The van der Waals surface area contributed by atoms with Gasteiger partial charge < -0.3 is 9.47 Å². The van der Waals surface area contributed by atoms with E-state index in [9.17, 15) is 0 Å². The molecule has 2 nitrogen and oxygen atoms in total. The van der Waals surface area contributed by atoms with Gasteiger partial charge >= 0.3 is 0 Å². The molecule has 9 aromatic rings. The van der Waals surface area contributed by atoms with Crippen LogP contribution >= 0.6 is 11.3 Å². The topological polar surface area (TPSA) is 8.17 Å². The van der Waals surface area contributed by atoms with Crippen molar-refractivity contribution in [3.05, 3.63) is 158 Å². The van der Waals surface area contributed by atoms with Crippen LogP contribution in [0.1, 0.15) is 0 Å². The predicted octanol–water partition coefficient (Wildman–Crippen LogP) is 11.8. The molecule has 0 radical (unpaired) electrons. The number of nitrogens with zero attached hydrogens (tertiary/aromatic N) is 2. The van der Waals surface area contributed by atoms with E-state index in [2.05, 4.69) is 167 Å². The third kappa shape index (κ3) is 3.72. The Labute approximate surface area is 253 Å². The van der Waals surface area contributed by atoms with Crippen LogP contribution in [-0.4, -0.2) is 4.57 Å². The van der Waals surface area contributed by atoms with Crippen LogP contribution in [0.5, 0.6) is 0 Å². The van der Waals surface area contributed by atoms with Crippen molar-refractivity contribution in [1.29, 1.82) is 0 Å². The summed E-state index contributed by atoms with van der Waals surface area (Å²) in [6, 6.07) is 57.1. The Kier molecular flexibility index (Phi) is 5.40. The molecule has 0 atom stereocenters. The standard InChI is InChI=1S/C40H26N2S/c1-3-13-28(14-4-1)41(36-20-11-12-27-22-24-34-33-18-8-10-21-38(33)43-40(34)39(27)36)30-23-25-32-31-17-7-9-19-35(31)42(37(32)26-30)29-15-5-2-6-16-29/h1-26H. The van der Waals surface area contributed by atoms with Crippen molar-refractivity contribution in [2.24, 2.45) is 0 Å². The van der Waals surface area contributed by atoms with Gasteiger partial charge in [0.25, 0.3) is 0 Å². The highest BCUT2D eigenvalue weighted by atomic mass is 32.1. The molecule has 9 rings (SSSR count). The van der Waals surface area contributed by atoms with Crippen LogP contribution < -0.4 is 4.90 Å². The van der Waals surface area contributed by atoms with Crippen LogP contribution in [-0.2, 0) is 0 Å². The average molecular weight is 567 g/mol. The lowest BCUT2D eigenvalue weighted by Gasteiger charge is -2.27. The Hall–Kier alpha value is -5.38. The maximum Gasteiger partial charge on any atom is 0.0561 e. The minimum absolute atomic E-state index is 1.13. The van der Waals surface area contributed by atoms with Gasteiger partial charge in [-0.1, -0.05) is 103 Å². The van der Waals surface area contributed by atoms with Gasteiger partial charge in [0.2, 0.25) is 0 Å². The summed E-state index contributed by atoms with van der Waals surface area (Å²) >= 11 is 1.89. The average Bonchev–Trinajstić information content (AvgIpc) is 3.61. The molecule has 0 aliphatic rings.